The predicted octanol–water partition coefficient (Wildman–Crippen LogP) is 0.486. The molecule has 16 heavy (non-hydrogen) atoms. The lowest BCUT2D eigenvalue weighted by atomic mass is 9.93. The monoisotopic (exact) mass is 246 g/mol. The Hall–Kier alpha value is -0.260. The standard InChI is InChI=1S/C11H22N2O2S/c1-16-6-5-10(12)11(15)13-8-3-2-4-9(14)7-8/h8-10,14H,2-7,12H2,1H3,(H,13,15)/t8?,9?,10-/m0/s1. The maximum Gasteiger partial charge on any atom is 0.237 e. The number of nitrogens with one attached hydrogen (secondary N) is 1. The molecule has 0 aliphatic heterocycles. The van der Waals surface area contributed by atoms with E-state index in [1.807, 2.05) is 6.26 Å². The summed E-state index contributed by atoms with van der Waals surface area (Å²) in [4.78, 5) is 11.7. The zero-order valence-electron chi connectivity index (χ0n) is 9.82. The SMILES string of the molecule is CSCC[C@H](N)C(=O)NC1CCCC(O)C1. The summed E-state index contributed by atoms with van der Waals surface area (Å²) in [5.74, 6) is 0.829. The van der Waals surface area contributed by atoms with Crippen LogP contribution in [-0.2, 0) is 4.79 Å². The van der Waals surface area contributed by atoms with Gasteiger partial charge in [0, 0.05) is 6.04 Å². The van der Waals surface area contributed by atoms with Crippen molar-refractivity contribution in [3.8, 4) is 0 Å². The number of aliphatic hydroxyl groups excluding tert-OH is 1. The van der Waals surface area contributed by atoms with Crippen molar-refractivity contribution in [3.05, 3.63) is 0 Å². The molecule has 0 aromatic rings. The van der Waals surface area contributed by atoms with Crippen LogP contribution in [0.15, 0.2) is 0 Å². The number of hydrogen-bond acceptors (Lipinski definition) is 4. The van der Waals surface area contributed by atoms with Crippen LogP contribution in [0, 0.1) is 0 Å². The molecular weight excluding hydrogens is 224 g/mol. The first kappa shape index (κ1) is 13.8. The van der Waals surface area contributed by atoms with Crippen LogP contribution >= 0.6 is 11.8 Å². The van der Waals surface area contributed by atoms with Crippen LogP contribution in [0.1, 0.15) is 32.1 Å². The second-order valence-corrected chi connectivity index (χ2v) is 5.40. The van der Waals surface area contributed by atoms with E-state index in [2.05, 4.69) is 5.32 Å². The van der Waals surface area contributed by atoms with Gasteiger partial charge in [0.25, 0.3) is 0 Å². The van der Waals surface area contributed by atoms with Gasteiger partial charge in [0.05, 0.1) is 12.1 Å². The highest BCUT2D eigenvalue weighted by Gasteiger charge is 2.23. The Labute approximate surface area is 101 Å². The van der Waals surface area contributed by atoms with Crippen molar-refractivity contribution in [3.63, 3.8) is 0 Å². The van der Waals surface area contributed by atoms with Gasteiger partial charge in [-0.3, -0.25) is 4.79 Å². The number of carbonyl (C=O) groups excluding carboxylic acids is 1. The number of carbonyl (C=O) groups is 1. The van der Waals surface area contributed by atoms with Gasteiger partial charge in [0.2, 0.25) is 5.91 Å². The summed E-state index contributed by atoms with van der Waals surface area (Å²) in [6, 6.07) is -0.303. The Balaban J connectivity index is 2.26. The molecule has 1 saturated carbocycles. The van der Waals surface area contributed by atoms with E-state index in [4.69, 9.17) is 5.73 Å². The topological polar surface area (TPSA) is 75.4 Å². The molecule has 3 atom stereocenters. The Kier molecular flexibility index (Phi) is 6.16. The average Bonchev–Trinajstić information content (AvgIpc) is 2.25. The maximum absolute atomic E-state index is 11.7. The molecule has 1 aliphatic rings. The van der Waals surface area contributed by atoms with Crippen molar-refractivity contribution in [2.75, 3.05) is 12.0 Å². The fourth-order valence-electron chi connectivity index (χ4n) is 1.98. The fraction of sp³-hybridized carbons (Fsp3) is 0.909. The molecule has 1 fully saturated rings. The van der Waals surface area contributed by atoms with Crippen LogP contribution in [0.3, 0.4) is 0 Å². The molecule has 2 unspecified atom stereocenters. The van der Waals surface area contributed by atoms with E-state index in [9.17, 15) is 9.90 Å². The summed E-state index contributed by atoms with van der Waals surface area (Å²) in [5, 5.41) is 12.4. The molecule has 0 spiro atoms. The molecule has 5 heteroatoms. The average molecular weight is 246 g/mol. The molecule has 0 radical (unpaired) electrons. The van der Waals surface area contributed by atoms with E-state index in [-0.39, 0.29) is 18.1 Å². The summed E-state index contributed by atoms with van der Waals surface area (Å²) in [7, 11) is 0. The molecule has 0 aromatic heterocycles. The third-order valence-electron chi connectivity index (χ3n) is 2.96. The molecule has 4 nitrogen and oxygen atoms in total. The molecule has 1 aliphatic carbocycles. The molecule has 0 saturated heterocycles. The Morgan fingerprint density at radius 3 is 3.00 bits per heavy atom. The highest BCUT2D eigenvalue weighted by Crippen LogP contribution is 2.18. The second kappa shape index (κ2) is 7.14. The Bertz CT molecular complexity index is 226. The molecular formula is C11H22N2O2S. The van der Waals surface area contributed by atoms with Crippen molar-refractivity contribution in [1.82, 2.24) is 5.32 Å². The lowest BCUT2D eigenvalue weighted by Crippen LogP contribution is -2.47. The molecule has 4 N–H and O–H groups in total. The number of hydrogen-bond donors (Lipinski definition) is 3. The van der Waals surface area contributed by atoms with Crippen molar-refractivity contribution < 1.29 is 9.90 Å². The van der Waals surface area contributed by atoms with E-state index >= 15 is 0 Å². The van der Waals surface area contributed by atoms with Crippen molar-refractivity contribution in [2.45, 2.75) is 50.3 Å². The van der Waals surface area contributed by atoms with Crippen molar-refractivity contribution in [1.29, 1.82) is 0 Å². The zero-order chi connectivity index (χ0) is 12.0. The first-order chi connectivity index (χ1) is 7.63. The van der Waals surface area contributed by atoms with Crippen molar-refractivity contribution in [2.24, 2.45) is 5.73 Å². The van der Waals surface area contributed by atoms with E-state index in [1.54, 1.807) is 11.8 Å². The molecule has 1 rings (SSSR count). The highest BCUT2D eigenvalue weighted by molar-refractivity contribution is 7.98. The van der Waals surface area contributed by atoms with Gasteiger partial charge in [-0.05, 0) is 44.1 Å². The van der Waals surface area contributed by atoms with E-state index in [1.165, 1.54) is 0 Å². The summed E-state index contributed by atoms with van der Waals surface area (Å²) < 4.78 is 0. The molecule has 0 heterocycles. The van der Waals surface area contributed by atoms with Gasteiger partial charge in [-0.15, -0.1) is 0 Å². The summed E-state index contributed by atoms with van der Waals surface area (Å²) >= 11 is 1.69. The van der Waals surface area contributed by atoms with Gasteiger partial charge >= 0.3 is 0 Å². The molecule has 94 valence electrons. The highest BCUT2D eigenvalue weighted by atomic mass is 32.2. The van der Waals surface area contributed by atoms with E-state index in [0.717, 1.165) is 25.0 Å². The summed E-state index contributed by atoms with van der Waals surface area (Å²) in [6.07, 6.45) is 5.90. The quantitative estimate of drug-likeness (QED) is 0.660. The number of nitrogens with two attached hydrogens (primary N) is 1. The summed E-state index contributed by atoms with van der Waals surface area (Å²) in [6.45, 7) is 0. The first-order valence-electron chi connectivity index (χ1n) is 5.86. The summed E-state index contributed by atoms with van der Waals surface area (Å²) in [5.41, 5.74) is 5.77. The van der Waals surface area contributed by atoms with Crippen LogP contribution in [0.25, 0.3) is 0 Å². The lowest BCUT2D eigenvalue weighted by Gasteiger charge is -2.27. The minimum absolute atomic E-state index is 0.0758. The fourth-order valence-corrected chi connectivity index (χ4v) is 2.47. The van der Waals surface area contributed by atoms with Crippen LogP contribution < -0.4 is 11.1 Å². The van der Waals surface area contributed by atoms with Crippen LogP contribution in [0.2, 0.25) is 0 Å². The van der Waals surface area contributed by atoms with Gasteiger partial charge < -0.3 is 16.2 Å². The number of rotatable bonds is 5. The maximum atomic E-state index is 11.7. The number of aliphatic hydroxyl groups is 1. The zero-order valence-corrected chi connectivity index (χ0v) is 10.6. The minimum Gasteiger partial charge on any atom is -0.393 e. The normalized spacial score (nSPS) is 27.4. The van der Waals surface area contributed by atoms with Gasteiger partial charge in [0.15, 0.2) is 0 Å². The number of amides is 1. The Morgan fingerprint density at radius 2 is 2.38 bits per heavy atom. The van der Waals surface area contributed by atoms with Gasteiger partial charge in [0.1, 0.15) is 0 Å². The molecule has 0 aromatic carbocycles. The van der Waals surface area contributed by atoms with Crippen LogP contribution in [0.5, 0.6) is 0 Å². The number of thioether (sulfide) groups is 1. The molecule has 1 amide bonds. The van der Waals surface area contributed by atoms with Crippen LogP contribution in [0.4, 0.5) is 0 Å². The van der Waals surface area contributed by atoms with Gasteiger partial charge in [-0.1, -0.05) is 0 Å². The third-order valence-corrected chi connectivity index (χ3v) is 3.61. The first-order valence-corrected chi connectivity index (χ1v) is 7.26. The third kappa shape index (κ3) is 4.72. The molecule has 0 bridgehead atoms. The second-order valence-electron chi connectivity index (χ2n) is 4.41. The Morgan fingerprint density at radius 1 is 1.62 bits per heavy atom. The predicted molar refractivity (Wildman–Crippen MR) is 67.4 cm³/mol. The van der Waals surface area contributed by atoms with Crippen molar-refractivity contribution >= 4 is 17.7 Å². The van der Waals surface area contributed by atoms with E-state index in [0.29, 0.717) is 12.8 Å². The largest absolute Gasteiger partial charge is 0.393 e. The van der Waals surface area contributed by atoms with Gasteiger partial charge in [-0.25, -0.2) is 0 Å². The van der Waals surface area contributed by atoms with E-state index < -0.39 is 6.04 Å². The van der Waals surface area contributed by atoms with Crippen LogP contribution in [-0.4, -0.2) is 41.2 Å². The minimum atomic E-state index is -0.411. The van der Waals surface area contributed by atoms with Gasteiger partial charge in [-0.2, -0.15) is 11.8 Å². The lowest BCUT2D eigenvalue weighted by molar-refractivity contribution is -0.123. The smallest absolute Gasteiger partial charge is 0.237 e.